The van der Waals surface area contributed by atoms with Crippen LogP contribution in [0.15, 0.2) is 30.3 Å². The number of likely N-dealkylation sites (tertiary alicyclic amines) is 1. The topological polar surface area (TPSA) is 142 Å². The van der Waals surface area contributed by atoms with Crippen LogP contribution in [0.1, 0.15) is 121 Å². The smallest absolute Gasteiger partial charge is 0.457 e. The molecule has 2 N–H and O–H groups in total. The van der Waals surface area contributed by atoms with Crippen LogP contribution in [0.5, 0.6) is 0 Å². The van der Waals surface area contributed by atoms with E-state index in [1.54, 1.807) is 48.5 Å². The van der Waals surface area contributed by atoms with E-state index in [1.165, 1.54) is 4.90 Å². The third-order valence-corrected chi connectivity index (χ3v) is 10.0. The lowest BCUT2D eigenvalue weighted by Gasteiger charge is -2.37. The molecule has 1 unspecified atom stereocenters. The molecular weight excluding hydrogens is 653 g/mol. The van der Waals surface area contributed by atoms with Crippen LogP contribution in [0.2, 0.25) is 6.32 Å². The molecule has 3 amide bonds. The number of benzene rings is 1. The van der Waals surface area contributed by atoms with Crippen LogP contribution in [-0.2, 0) is 39.7 Å². The lowest BCUT2D eigenvalue weighted by atomic mass is 9.80. The second-order valence-corrected chi connectivity index (χ2v) is 17.5. The van der Waals surface area contributed by atoms with Crippen molar-refractivity contribution in [3.8, 4) is 0 Å². The van der Waals surface area contributed by atoms with Crippen molar-refractivity contribution in [2.75, 3.05) is 6.54 Å². The molecule has 2 saturated heterocycles. The highest BCUT2D eigenvalue weighted by Crippen LogP contribution is 2.40. The van der Waals surface area contributed by atoms with Crippen molar-refractivity contribution in [2.24, 2.45) is 5.92 Å². The first-order valence-corrected chi connectivity index (χ1v) is 18.2. The fraction of sp³-hybridized carbons (Fsp3) is 0.737. The van der Waals surface area contributed by atoms with E-state index in [0.29, 0.717) is 19.2 Å². The molecule has 0 saturated carbocycles. The average molecular weight is 716 g/mol. The van der Waals surface area contributed by atoms with Crippen LogP contribution in [0.25, 0.3) is 0 Å². The number of carbonyl (C=O) groups is 4. The first-order valence-electron chi connectivity index (χ1n) is 18.2. The summed E-state index contributed by atoms with van der Waals surface area (Å²) in [6.45, 7) is 23.8. The molecule has 12 nitrogen and oxygen atoms in total. The number of rotatable bonds is 12. The van der Waals surface area contributed by atoms with Crippen molar-refractivity contribution in [1.29, 1.82) is 0 Å². The lowest BCUT2D eigenvalue weighted by molar-refractivity contribution is -0.158. The largest absolute Gasteiger partial charge is 0.459 e. The monoisotopic (exact) mass is 715 g/mol. The standard InChI is InChI=1S/C38H62BN3O9/c1-26(2)37(13,41-31(45)48-33(3,4)5)29(43)40-28-23-38(42(24-28)32(46)49-34(6,7)8,30(44)47-25-27-19-15-14-16-20-27)21-17-18-22-39-50-35(9,10)36(11,12)51-39/h14-16,19-20,26,28H,17-18,21-25H2,1-13H3,(H,40,43)(H,41,45)/t28-,37?,38-/m1/s1. The number of ether oxygens (including phenoxy) is 3. The predicted molar refractivity (Wildman–Crippen MR) is 196 cm³/mol. The summed E-state index contributed by atoms with van der Waals surface area (Å²) in [5.74, 6) is -1.38. The van der Waals surface area contributed by atoms with Crippen molar-refractivity contribution >= 4 is 31.2 Å². The molecule has 0 aromatic heterocycles. The maximum absolute atomic E-state index is 14.3. The number of hydrogen-bond donors (Lipinski definition) is 2. The summed E-state index contributed by atoms with van der Waals surface area (Å²) in [6, 6.07) is 8.66. The minimum atomic E-state index is -1.45. The Labute approximate surface area is 305 Å². The number of amides is 3. The first kappa shape index (κ1) is 42.1. The van der Waals surface area contributed by atoms with Crippen molar-refractivity contribution in [3.05, 3.63) is 35.9 Å². The van der Waals surface area contributed by atoms with Gasteiger partial charge in [0.2, 0.25) is 5.91 Å². The zero-order chi connectivity index (χ0) is 38.6. The van der Waals surface area contributed by atoms with Gasteiger partial charge < -0.3 is 34.2 Å². The lowest BCUT2D eigenvalue weighted by Crippen LogP contribution is -2.62. The van der Waals surface area contributed by atoms with E-state index in [4.69, 9.17) is 23.5 Å². The summed E-state index contributed by atoms with van der Waals surface area (Å²) in [7, 11) is -0.403. The minimum Gasteiger partial charge on any atom is -0.459 e. The second-order valence-electron chi connectivity index (χ2n) is 17.5. The second kappa shape index (κ2) is 15.7. The molecule has 0 spiro atoms. The number of carbonyl (C=O) groups excluding carboxylic acids is 4. The Hall–Kier alpha value is -3.32. The van der Waals surface area contributed by atoms with Gasteiger partial charge in [-0.2, -0.15) is 0 Å². The van der Waals surface area contributed by atoms with Crippen LogP contribution in [0, 0.1) is 5.92 Å². The molecular formula is C38H62BN3O9. The van der Waals surface area contributed by atoms with E-state index in [0.717, 1.165) is 5.56 Å². The van der Waals surface area contributed by atoms with Crippen molar-refractivity contribution in [1.82, 2.24) is 15.5 Å². The first-order chi connectivity index (χ1) is 23.3. The summed E-state index contributed by atoms with van der Waals surface area (Å²) in [4.78, 5) is 56.5. The number of nitrogens with zero attached hydrogens (tertiary/aromatic N) is 1. The fourth-order valence-electron chi connectivity index (χ4n) is 6.16. The van der Waals surface area contributed by atoms with Gasteiger partial charge in [0.15, 0.2) is 0 Å². The van der Waals surface area contributed by atoms with Gasteiger partial charge >= 0.3 is 25.3 Å². The van der Waals surface area contributed by atoms with Crippen molar-refractivity contribution < 1.29 is 42.7 Å². The molecule has 0 radical (unpaired) electrons. The Morgan fingerprint density at radius 1 is 0.902 bits per heavy atom. The van der Waals surface area contributed by atoms with Crippen LogP contribution in [-0.4, -0.2) is 82.1 Å². The van der Waals surface area contributed by atoms with E-state index >= 15 is 0 Å². The predicted octanol–water partition coefficient (Wildman–Crippen LogP) is 6.80. The summed E-state index contributed by atoms with van der Waals surface area (Å²) in [6.07, 6.45) is 0.712. The molecule has 51 heavy (non-hydrogen) atoms. The van der Waals surface area contributed by atoms with Gasteiger partial charge in [0, 0.05) is 19.0 Å². The van der Waals surface area contributed by atoms with Gasteiger partial charge in [0.25, 0.3) is 0 Å². The quantitative estimate of drug-likeness (QED) is 0.104. The molecule has 0 aliphatic carbocycles. The van der Waals surface area contributed by atoms with Crippen LogP contribution in [0.3, 0.4) is 0 Å². The highest BCUT2D eigenvalue weighted by molar-refractivity contribution is 6.45. The Balaban J connectivity index is 1.91. The third kappa shape index (κ3) is 10.9. The number of alkyl carbamates (subject to hydrolysis) is 1. The van der Waals surface area contributed by atoms with Crippen LogP contribution >= 0.6 is 0 Å². The Morgan fingerprint density at radius 2 is 1.47 bits per heavy atom. The third-order valence-electron chi connectivity index (χ3n) is 10.0. The van der Waals surface area contributed by atoms with Gasteiger partial charge in [-0.15, -0.1) is 0 Å². The van der Waals surface area contributed by atoms with Gasteiger partial charge in [-0.1, -0.05) is 57.0 Å². The van der Waals surface area contributed by atoms with Gasteiger partial charge in [-0.05, 0) is 100 Å². The summed E-state index contributed by atoms with van der Waals surface area (Å²) in [5.41, 5.74) is -4.55. The molecule has 2 heterocycles. The summed E-state index contributed by atoms with van der Waals surface area (Å²) >= 11 is 0. The molecule has 2 aliphatic rings. The maximum atomic E-state index is 14.3. The Morgan fingerprint density at radius 3 is 2.00 bits per heavy atom. The van der Waals surface area contributed by atoms with Gasteiger partial charge in [-0.3, -0.25) is 9.69 Å². The zero-order valence-electron chi connectivity index (χ0n) is 33.2. The van der Waals surface area contributed by atoms with Crippen molar-refractivity contribution in [3.63, 3.8) is 0 Å². The molecule has 286 valence electrons. The molecule has 2 fully saturated rings. The molecule has 1 aromatic carbocycles. The van der Waals surface area contributed by atoms with E-state index < -0.39 is 70.7 Å². The SMILES string of the molecule is CC(C)C(C)(NC(=O)OC(C)(C)C)C(=O)N[C@H]1CN(C(=O)OC(C)(C)C)[C@@](CCCCB2OC(C)(C)C(C)(C)O2)(C(=O)OCc2ccccc2)C1. The molecule has 2 aliphatic heterocycles. The number of hydrogen-bond acceptors (Lipinski definition) is 9. The maximum Gasteiger partial charge on any atom is 0.457 e. The minimum absolute atomic E-state index is 0.00106. The number of unbranched alkanes of at least 4 members (excludes halogenated alkanes) is 1. The molecule has 1 aromatic rings. The summed E-state index contributed by atoms with van der Waals surface area (Å²) in [5, 5.41) is 5.80. The average Bonchev–Trinajstić information content (AvgIpc) is 3.45. The zero-order valence-corrected chi connectivity index (χ0v) is 33.2. The Kier molecular flexibility index (Phi) is 13.0. The van der Waals surface area contributed by atoms with Crippen LogP contribution in [0.4, 0.5) is 9.59 Å². The number of nitrogens with one attached hydrogen (secondary N) is 2. The van der Waals surface area contributed by atoms with E-state index in [-0.39, 0.29) is 31.9 Å². The van der Waals surface area contributed by atoms with Gasteiger partial charge in [-0.25, -0.2) is 14.4 Å². The molecule has 0 bridgehead atoms. The molecule has 13 heteroatoms. The normalized spacial score (nSPS) is 22.7. The fourth-order valence-corrected chi connectivity index (χ4v) is 6.16. The number of esters is 1. The van der Waals surface area contributed by atoms with E-state index in [1.807, 2.05) is 71.9 Å². The molecule has 3 rings (SSSR count). The highest BCUT2D eigenvalue weighted by atomic mass is 16.7. The summed E-state index contributed by atoms with van der Waals surface area (Å²) < 4.78 is 29.6. The van der Waals surface area contributed by atoms with Gasteiger partial charge in [0.05, 0.1) is 11.2 Å². The van der Waals surface area contributed by atoms with Crippen LogP contribution < -0.4 is 10.6 Å². The van der Waals surface area contributed by atoms with E-state index in [2.05, 4.69) is 10.6 Å². The van der Waals surface area contributed by atoms with Gasteiger partial charge in [0.1, 0.15) is 28.9 Å². The van der Waals surface area contributed by atoms with E-state index in [9.17, 15) is 19.2 Å². The van der Waals surface area contributed by atoms with Crippen molar-refractivity contribution in [2.45, 2.75) is 168 Å². The Bertz CT molecular complexity index is 1370. The molecule has 3 atom stereocenters. The highest BCUT2D eigenvalue weighted by Gasteiger charge is 2.56.